The van der Waals surface area contributed by atoms with Gasteiger partial charge in [-0.1, -0.05) is 12.1 Å². The lowest BCUT2D eigenvalue weighted by Gasteiger charge is -2.09. The molecule has 114 valence electrons. The van der Waals surface area contributed by atoms with Crippen molar-refractivity contribution in [2.24, 2.45) is 0 Å². The Labute approximate surface area is 129 Å². The van der Waals surface area contributed by atoms with E-state index >= 15 is 0 Å². The predicted molar refractivity (Wildman–Crippen MR) is 82.4 cm³/mol. The smallest absolute Gasteiger partial charge is 0.340 e. The molecular weight excluding hydrogens is 280 g/mol. The average Bonchev–Trinajstić information content (AvgIpc) is 2.50. The topological polar surface area (TPSA) is 59.3 Å². The number of aryl methyl sites for hydroxylation is 1. The first-order chi connectivity index (χ1) is 10.6. The number of amides is 1. The van der Waals surface area contributed by atoms with Gasteiger partial charge in [-0.25, -0.2) is 4.79 Å². The van der Waals surface area contributed by atoms with Gasteiger partial charge in [-0.3, -0.25) is 4.79 Å². The molecule has 1 aromatic heterocycles. The van der Waals surface area contributed by atoms with Crippen molar-refractivity contribution in [3.8, 4) is 0 Å². The van der Waals surface area contributed by atoms with E-state index in [1.54, 1.807) is 35.8 Å². The Morgan fingerprint density at radius 2 is 1.82 bits per heavy atom. The number of carbonyl (C=O) groups excluding carboxylic acids is 2. The number of anilines is 1. The molecule has 0 spiro atoms. The Kier molecular flexibility index (Phi) is 5.25. The number of carbonyl (C=O) groups is 2. The molecule has 0 aliphatic rings. The number of aromatic nitrogens is 1. The van der Waals surface area contributed by atoms with Gasteiger partial charge in [0.1, 0.15) is 0 Å². The highest BCUT2D eigenvalue weighted by atomic mass is 16.5. The van der Waals surface area contributed by atoms with Crippen molar-refractivity contribution in [1.82, 2.24) is 0 Å². The summed E-state index contributed by atoms with van der Waals surface area (Å²) >= 11 is 0. The van der Waals surface area contributed by atoms with E-state index in [4.69, 9.17) is 4.74 Å². The van der Waals surface area contributed by atoms with E-state index in [-0.39, 0.29) is 12.5 Å². The van der Waals surface area contributed by atoms with Crippen LogP contribution in [0, 0.1) is 6.92 Å². The molecule has 0 fully saturated rings. The molecule has 0 saturated carbocycles. The van der Waals surface area contributed by atoms with Crippen molar-refractivity contribution >= 4 is 17.6 Å². The van der Waals surface area contributed by atoms with E-state index in [9.17, 15) is 9.59 Å². The summed E-state index contributed by atoms with van der Waals surface area (Å²) in [5, 5.41) is 2.75. The van der Waals surface area contributed by atoms with Gasteiger partial charge in [0.15, 0.2) is 12.4 Å². The van der Waals surface area contributed by atoms with Crippen LogP contribution in [0.5, 0.6) is 0 Å². The fourth-order valence-corrected chi connectivity index (χ4v) is 1.97. The first-order valence-electron chi connectivity index (χ1n) is 7.12. The first-order valence-corrected chi connectivity index (χ1v) is 7.12. The largest absolute Gasteiger partial charge is 0.462 e. The average molecular weight is 299 g/mol. The minimum absolute atomic E-state index is 0.178. The summed E-state index contributed by atoms with van der Waals surface area (Å²) in [6, 6.07) is 10.7. The molecule has 2 rings (SSSR count). The van der Waals surface area contributed by atoms with Gasteiger partial charge in [-0.2, -0.15) is 4.57 Å². The van der Waals surface area contributed by atoms with Crippen LogP contribution in [-0.4, -0.2) is 18.5 Å². The summed E-state index contributed by atoms with van der Waals surface area (Å²) in [4.78, 5) is 24.0. The number of benzene rings is 1. The summed E-state index contributed by atoms with van der Waals surface area (Å²) < 4.78 is 6.76. The van der Waals surface area contributed by atoms with E-state index < -0.39 is 5.97 Å². The van der Waals surface area contributed by atoms with Crippen molar-refractivity contribution in [3.05, 3.63) is 59.9 Å². The highest BCUT2D eigenvalue weighted by Crippen LogP contribution is 2.16. The maximum absolute atomic E-state index is 12.1. The van der Waals surface area contributed by atoms with E-state index in [0.717, 1.165) is 5.56 Å². The molecular formula is C17H19N2O3+. The quantitative estimate of drug-likeness (QED) is 0.679. The second kappa shape index (κ2) is 7.36. The molecule has 5 nitrogen and oxygen atoms in total. The van der Waals surface area contributed by atoms with Crippen LogP contribution in [0.25, 0.3) is 0 Å². The maximum atomic E-state index is 12.1. The number of hydrogen-bond acceptors (Lipinski definition) is 3. The molecule has 0 aliphatic heterocycles. The van der Waals surface area contributed by atoms with Crippen molar-refractivity contribution in [2.75, 3.05) is 11.9 Å². The number of pyridine rings is 1. The van der Waals surface area contributed by atoms with E-state index in [1.807, 2.05) is 31.5 Å². The molecule has 5 heteroatoms. The second-order valence-corrected chi connectivity index (χ2v) is 4.86. The zero-order chi connectivity index (χ0) is 15.9. The number of nitrogens with one attached hydrogen (secondary N) is 1. The molecule has 0 saturated heterocycles. The molecule has 22 heavy (non-hydrogen) atoms. The van der Waals surface area contributed by atoms with Crippen LogP contribution in [0.15, 0.2) is 48.8 Å². The Bertz CT molecular complexity index is 666. The number of esters is 1. The Hall–Kier alpha value is -2.69. The minimum Gasteiger partial charge on any atom is -0.462 e. The molecule has 1 aromatic carbocycles. The third kappa shape index (κ3) is 4.15. The monoisotopic (exact) mass is 299 g/mol. The SMILES string of the molecule is CCOC(=O)c1ccccc1NC(=O)C[n+]1ccc(C)cc1. The van der Waals surface area contributed by atoms with Crippen LogP contribution in [0.3, 0.4) is 0 Å². The summed E-state index contributed by atoms with van der Waals surface area (Å²) in [6.07, 6.45) is 3.68. The lowest BCUT2D eigenvalue weighted by molar-refractivity contribution is -0.684. The van der Waals surface area contributed by atoms with E-state index in [0.29, 0.717) is 17.9 Å². The van der Waals surface area contributed by atoms with Crippen molar-refractivity contribution in [1.29, 1.82) is 0 Å². The zero-order valence-corrected chi connectivity index (χ0v) is 12.7. The van der Waals surface area contributed by atoms with Gasteiger partial charge in [-0.05, 0) is 31.5 Å². The second-order valence-electron chi connectivity index (χ2n) is 4.86. The number of hydrogen-bond donors (Lipinski definition) is 1. The van der Waals surface area contributed by atoms with Gasteiger partial charge in [0.05, 0.1) is 17.9 Å². The normalized spacial score (nSPS) is 10.1. The van der Waals surface area contributed by atoms with Crippen LogP contribution in [-0.2, 0) is 16.1 Å². The van der Waals surface area contributed by atoms with E-state index in [1.165, 1.54) is 0 Å². The van der Waals surface area contributed by atoms with Crippen LogP contribution >= 0.6 is 0 Å². The van der Waals surface area contributed by atoms with Gasteiger partial charge in [-0.15, -0.1) is 0 Å². The lowest BCUT2D eigenvalue weighted by atomic mass is 10.2. The van der Waals surface area contributed by atoms with Crippen LogP contribution in [0.2, 0.25) is 0 Å². The standard InChI is InChI=1S/C17H18N2O3/c1-3-22-17(21)14-6-4-5-7-15(14)18-16(20)12-19-10-8-13(2)9-11-19/h4-11H,3,12H2,1-2H3/p+1. The van der Waals surface area contributed by atoms with Gasteiger partial charge < -0.3 is 10.1 Å². The van der Waals surface area contributed by atoms with Crippen molar-refractivity contribution in [2.45, 2.75) is 20.4 Å². The number of ether oxygens (including phenoxy) is 1. The van der Waals surface area contributed by atoms with E-state index in [2.05, 4.69) is 5.32 Å². The van der Waals surface area contributed by atoms with Crippen molar-refractivity contribution < 1.29 is 18.9 Å². The van der Waals surface area contributed by atoms with Crippen LogP contribution in [0.4, 0.5) is 5.69 Å². The molecule has 1 amide bonds. The Morgan fingerprint density at radius 3 is 2.50 bits per heavy atom. The molecule has 0 bridgehead atoms. The zero-order valence-electron chi connectivity index (χ0n) is 12.7. The van der Waals surface area contributed by atoms with Gasteiger partial charge in [0, 0.05) is 12.1 Å². The summed E-state index contributed by atoms with van der Waals surface area (Å²) in [5.74, 6) is -0.646. The van der Waals surface area contributed by atoms with Crippen LogP contribution in [0.1, 0.15) is 22.8 Å². The van der Waals surface area contributed by atoms with Gasteiger partial charge in [0.2, 0.25) is 6.54 Å². The first kappa shape index (κ1) is 15.7. The fourth-order valence-electron chi connectivity index (χ4n) is 1.97. The molecule has 0 atom stereocenters. The third-order valence-electron chi connectivity index (χ3n) is 3.08. The highest BCUT2D eigenvalue weighted by molar-refractivity contribution is 6.00. The lowest BCUT2D eigenvalue weighted by Crippen LogP contribution is -2.39. The molecule has 2 aromatic rings. The molecule has 1 N–H and O–H groups in total. The maximum Gasteiger partial charge on any atom is 0.340 e. The predicted octanol–water partition coefficient (Wildman–Crippen LogP) is 2.10. The Morgan fingerprint density at radius 1 is 1.14 bits per heavy atom. The number of nitrogens with zero attached hydrogens (tertiary/aromatic N) is 1. The summed E-state index contributed by atoms with van der Waals surface area (Å²) in [6.45, 7) is 4.20. The van der Waals surface area contributed by atoms with Gasteiger partial charge in [0.25, 0.3) is 5.91 Å². The minimum atomic E-state index is -0.443. The highest BCUT2D eigenvalue weighted by Gasteiger charge is 2.15. The molecule has 0 aliphatic carbocycles. The third-order valence-corrected chi connectivity index (χ3v) is 3.08. The summed E-state index contributed by atoms with van der Waals surface area (Å²) in [5.41, 5.74) is 1.94. The van der Waals surface area contributed by atoms with Crippen molar-refractivity contribution in [3.63, 3.8) is 0 Å². The molecule has 0 radical (unpaired) electrons. The summed E-state index contributed by atoms with van der Waals surface area (Å²) in [7, 11) is 0. The number of para-hydroxylation sites is 1. The fraction of sp³-hybridized carbons (Fsp3) is 0.235. The Balaban J connectivity index is 2.08. The van der Waals surface area contributed by atoms with Crippen LogP contribution < -0.4 is 9.88 Å². The molecule has 1 heterocycles. The van der Waals surface area contributed by atoms with Gasteiger partial charge >= 0.3 is 5.97 Å². The number of rotatable bonds is 5. The molecule has 0 unspecified atom stereocenters.